The van der Waals surface area contributed by atoms with Crippen molar-refractivity contribution in [1.29, 1.82) is 0 Å². The Morgan fingerprint density at radius 1 is 1.14 bits per heavy atom. The van der Waals surface area contributed by atoms with Gasteiger partial charge < -0.3 is 20.7 Å². The summed E-state index contributed by atoms with van der Waals surface area (Å²) in [5, 5.41) is 3.03. The second-order valence-corrected chi connectivity index (χ2v) is 6.28. The van der Waals surface area contributed by atoms with E-state index in [4.69, 9.17) is 22.1 Å². The minimum atomic E-state index is -0.785. The highest BCUT2D eigenvalue weighted by molar-refractivity contribution is 6.32. The largest absolute Gasteiger partial charge is 0.482 e. The van der Waals surface area contributed by atoms with Crippen LogP contribution < -0.4 is 15.8 Å². The normalized spacial score (nSPS) is 11.1. The third-order valence-electron chi connectivity index (χ3n) is 4.11. The Morgan fingerprint density at radius 3 is 2.36 bits per heavy atom. The molecule has 0 aliphatic carbocycles. The third kappa shape index (κ3) is 6.41. The molecular weight excluding hydrogens is 401 g/mol. The first-order valence-corrected chi connectivity index (χ1v) is 9.15. The van der Waals surface area contributed by atoms with E-state index in [-0.39, 0.29) is 30.8 Å². The molecule has 1 unspecified atom stereocenters. The minimum absolute atomic E-state index is 0. The Morgan fingerprint density at radius 2 is 1.79 bits per heavy atom. The molecule has 8 heteroatoms. The number of rotatable bonds is 8. The van der Waals surface area contributed by atoms with Gasteiger partial charge in [0.05, 0.1) is 5.02 Å². The molecule has 2 amide bonds. The van der Waals surface area contributed by atoms with Gasteiger partial charge in [0, 0.05) is 18.8 Å². The van der Waals surface area contributed by atoms with Gasteiger partial charge in [-0.3, -0.25) is 9.59 Å². The molecule has 2 aromatic carbocycles. The summed E-state index contributed by atoms with van der Waals surface area (Å²) in [6.07, 6.45) is 0. The van der Waals surface area contributed by atoms with Gasteiger partial charge >= 0.3 is 0 Å². The zero-order valence-electron chi connectivity index (χ0n) is 15.9. The van der Waals surface area contributed by atoms with E-state index in [1.807, 2.05) is 32.0 Å². The number of hydrogen-bond acceptors (Lipinski definition) is 4. The molecule has 0 aliphatic heterocycles. The molecule has 0 saturated heterocycles. The Kier molecular flexibility index (Phi) is 9.79. The van der Waals surface area contributed by atoms with Crippen molar-refractivity contribution in [1.82, 2.24) is 4.90 Å². The van der Waals surface area contributed by atoms with Crippen LogP contribution in [0.4, 0.5) is 5.69 Å². The van der Waals surface area contributed by atoms with Crippen LogP contribution in [0.2, 0.25) is 5.02 Å². The van der Waals surface area contributed by atoms with Gasteiger partial charge in [0.15, 0.2) is 6.61 Å². The summed E-state index contributed by atoms with van der Waals surface area (Å²) in [4.78, 5) is 26.0. The van der Waals surface area contributed by atoms with Gasteiger partial charge in [-0.25, -0.2) is 0 Å². The number of carbonyl (C=O) groups excluding carboxylic acids is 2. The lowest BCUT2D eigenvalue weighted by molar-refractivity contribution is -0.133. The maximum atomic E-state index is 12.3. The van der Waals surface area contributed by atoms with Crippen molar-refractivity contribution in [3.63, 3.8) is 0 Å². The first-order valence-electron chi connectivity index (χ1n) is 8.77. The number of nitrogens with one attached hydrogen (secondary N) is 1. The summed E-state index contributed by atoms with van der Waals surface area (Å²) < 4.78 is 5.50. The molecule has 0 aromatic heterocycles. The standard InChI is InChI=1S/C20H24ClN3O3.ClH/c1-3-24(4-2)18(25)13-27-17-11-10-15(12-16(17)21)23-20(26)19(22)14-8-6-5-7-9-14;/h5-12,19H,3-4,13,22H2,1-2H3,(H,23,26);1H. The fraction of sp³-hybridized carbons (Fsp3) is 0.300. The number of ether oxygens (including phenoxy) is 1. The average Bonchev–Trinajstić information content (AvgIpc) is 2.68. The zero-order chi connectivity index (χ0) is 19.8. The van der Waals surface area contributed by atoms with Gasteiger partial charge in [0.25, 0.3) is 5.91 Å². The summed E-state index contributed by atoms with van der Waals surface area (Å²) in [6, 6.07) is 13.1. The van der Waals surface area contributed by atoms with Gasteiger partial charge in [-0.15, -0.1) is 12.4 Å². The molecule has 0 bridgehead atoms. The maximum Gasteiger partial charge on any atom is 0.260 e. The smallest absolute Gasteiger partial charge is 0.260 e. The summed E-state index contributed by atoms with van der Waals surface area (Å²) in [5.41, 5.74) is 7.20. The van der Waals surface area contributed by atoms with Gasteiger partial charge in [-0.05, 0) is 37.6 Å². The van der Waals surface area contributed by atoms with E-state index in [1.54, 1.807) is 35.2 Å². The molecule has 28 heavy (non-hydrogen) atoms. The van der Waals surface area contributed by atoms with E-state index in [9.17, 15) is 9.59 Å². The zero-order valence-corrected chi connectivity index (χ0v) is 17.4. The molecular formula is C20H25Cl2N3O3. The number of hydrogen-bond donors (Lipinski definition) is 2. The van der Waals surface area contributed by atoms with E-state index in [0.717, 1.165) is 5.56 Å². The van der Waals surface area contributed by atoms with Crippen LogP contribution in [0, 0.1) is 0 Å². The van der Waals surface area contributed by atoms with Crippen molar-refractivity contribution in [3.8, 4) is 5.75 Å². The average molecular weight is 426 g/mol. The molecule has 152 valence electrons. The lowest BCUT2D eigenvalue weighted by atomic mass is 10.1. The van der Waals surface area contributed by atoms with Crippen molar-refractivity contribution < 1.29 is 14.3 Å². The molecule has 1 atom stereocenters. The van der Waals surface area contributed by atoms with Crippen molar-refractivity contribution in [2.45, 2.75) is 19.9 Å². The highest BCUT2D eigenvalue weighted by Gasteiger charge is 2.16. The second-order valence-electron chi connectivity index (χ2n) is 5.88. The Hall–Kier alpha value is -2.28. The van der Waals surface area contributed by atoms with Crippen LogP contribution >= 0.6 is 24.0 Å². The lowest BCUT2D eigenvalue weighted by Crippen LogP contribution is -2.34. The topological polar surface area (TPSA) is 84.7 Å². The van der Waals surface area contributed by atoms with E-state index in [2.05, 4.69) is 5.32 Å². The lowest BCUT2D eigenvalue weighted by Gasteiger charge is -2.19. The van der Waals surface area contributed by atoms with Crippen molar-refractivity contribution in [2.75, 3.05) is 25.0 Å². The van der Waals surface area contributed by atoms with Gasteiger partial charge in [0.2, 0.25) is 5.91 Å². The number of benzene rings is 2. The van der Waals surface area contributed by atoms with E-state index >= 15 is 0 Å². The van der Waals surface area contributed by atoms with Gasteiger partial charge in [0.1, 0.15) is 11.8 Å². The second kappa shape index (κ2) is 11.5. The molecule has 2 rings (SSSR count). The quantitative estimate of drug-likeness (QED) is 0.675. The third-order valence-corrected chi connectivity index (χ3v) is 4.40. The molecule has 0 radical (unpaired) electrons. The predicted molar refractivity (Wildman–Crippen MR) is 114 cm³/mol. The monoisotopic (exact) mass is 425 g/mol. The summed E-state index contributed by atoms with van der Waals surface area (Å²) in [6.45, 7) is 4.97. The van der Waals surface area contributed by atoms with Crippen LogP contribution in [0.25, 0.3) is 0 Å². The number of nitrogens with two attached hydrogens (primary N) is 1. The highest BCUT2D eigenvalue weighted by Crippen LogP contribution is 2.28. The number of nitrogens with zero attached hydrogens (tertiary/aromatic N) is 1. The maximum absolute atomic E-state index is 12.3. The molecule has 3 N–H and O–H groups in total. The number of amides is 2. The predicted octanol–water partition coefficient (Wildman–Crippen LogP) is 3.65. The van der Waals surface area contributed by atoms with Crippen LogP contribution in [0.5, 0.6) is 5.75 Å². The van der Waals surface area contributed by atoms with Crippen molar-refractivity contribution in [2.24, 2.45) is 5.73 Å². The van der Waals surface area contributed by atoms with Crippen LogP contribution in [0.1, 0.15) is 25.5 Å². The minimum Gasteiger partial charge on any atom is -0.482 e. The fourth-order valence-corrected chi connectivity index (χ4v) is 2.77. The van der Waals surface area contributed by atoms with Crippen LogP contribution in [-0.4, -0.2) is 36.4 Å². The molecule has 0 heterocycles. The Balaban J connectivity index is 0.00000392. The van der Waals surface area contributed by atoms with E-state index < -0.39 is 6.04 Å². The van der Waals surface area contributed by atoms with E-state index in [1.165, 1.54) is 0 Å². The number of halogens is 2. The first-order chi connectivity index (χ1) is 13.0. The molecule has 2 aromatic rings. The molecule has 0 aliphatic rings. The number of anilines is 1. The Labute approximate surface area is 176 Å². The summed E-state index contributed by atoms with van der Waals surface area (Å²) in [5.74, 6) is -0.0764. The van der Waals surface area contributed by atoms with Gasteiger partial charge in [-0.1, -0.05) is 41.9 Å². The van der Waals surface area contributed by atoms with Crippen LogP contribution in [0.15, 0.2) is 48.5 Å². The molecule has 0 fully saturated rings. The van der Waals surface area contributed by atoms with E-state index in [0.29, 0.717) is 29.5 Å². The van der Waals surface area contributed by atoms with Gasteiger partial charge in [-0.2, -0.15) is 0 Å². The first kappa shape index (κ1) is 23.8. The molecule has 0 saturated carbocycles. The summed E-state index contributed by atoms with van der Waals surface area (Å²) in [7, 11) is 0. The highest BCUT2D eigenvalue weighted by atomic mass is 35.5. The SMILES string of the molecule is CCN(CC)C(=O)COc1ccc(NC(=O)C(N)c2ccccc2)cc1Cl.Cl. The molecule has 6 nitrogen and oxygen atoms in total. The number of carbonyl (C=O) groups is 2. The number of likely N-dealkylation sites (N-methyl/N-ethyl adjacent to an activating group) is 1. The van der Waals surface area contributed by atoms with Crippen LogP contribution in [0.3, 0.4) is 0 Å². The summed E-state index contributed by atoms with van der Waals surface area (Å²) >= 11 is 6.21. The van der Waals surface area contributed by atoms with Crippen LogP contribution in [-0.2, 0) is 9.59 Å². The van der Waals surface area contributed by atoms with Crippen molar-refractivity contribution >= 4 is 41.5 Å². The Bertz CT molecular complexity index is 784. The fourth-order valence-electron chi connectivity index (χ4n) is 2.53. The molecule has 0 spiro atoms. The van der Waals surface area contributed by atoms with Crippen molar-refractivity contribution in [3.05, 3.63) is 59.1 Å².